The van der Waals surface area contributed by atoms with Gasteiger partial charge in [-0.3, -0.25) is 4.79 Å². The van der Waals surface area contributed by atoms with Crippen LogP contribution in [0.15, 0.2) is 15.9 Å². The molecule has 0 aliphatic carbocycles. The van der Waals surface area contributed by atoms with Gasteiger partial charge in [-0.25, -0.2) is 0 Å². The third-order valence-corrected chi connectivity index (χ3v) is 3.53. The summed E-state index contributed by atoms with van der Waals surface area (Å²) in [6.07, 6.45) is 1.87. The van der Waals surface area contributed by atoms with E-state index in [4.69, 9.17) is 11.6 Å². The molecule has 1 aromatic rings. The summed E-state index contributed by atoms with van der Waals surface area (Å²) >= 11 is 10.3. The van der Waals surface area contributed by atoms with E-state index in [2.05, 4.69) is 21.2 Å². The molecule has 0 aliphatic rings. The number of carbonyl (C=O) groups excluding carboxylic acids is 1. The standard InChI is InChI=1S/C9H11BrClNOS/c10-8-4-3-7(14-8)9(13)12-6-2-1-5-11/h3-4H,1-2,5-6H2,(H,12,13). The Hall–Kier alpha value is -0.0600. The fourth-order valence-corrected chi connectivity index (χ4v) is 2.44. The maximum Gasteiger partial charge on any atom is 0.261 e. The fraction of sp³-hybridized carbons (Fsp3) is 0.444. The summed E-state index contributed by atoms with van der Waals surface area (Å²) < 4.78 is 0.975. The van der Waals surface area contributed by atoms with Gasteiger partial charge in [0.25, 0.3) is 5.91 Å². The van der Waals surface area contributed by atoms with Crippen molar-refractivity contribution in [3.63, 3.8) is 0 Å². The first-order valence-electron chi connectivity index (χ1n) is 4.33. The van der Waals surface area contributed by atoms with Crippen LogP contribution in [0, 0.1) is 0 Å². The minimum atomic E-state index is -0.00438. The fourth-order valence-electron chi connectivity index (χ4n) is 0.945. The monoisotopic (exact) mass is 295 g/mol. The molecule has 1 aromatic heterocycles. The van der Waals surface area contributed by atoms with Crippen LogP contribution in [0.1, 0.15) is 22.5 Å². The second kappa shape index (κ2) is 6.43. The molecule has 0 bridgehead atoms. The molecule has 1 amide bonds. The lowest BCUT2D eigenvalue weighted by molar-refractivity contribution is 0.0957. The lowest BCUT2D eigenvalue weighted by Gasteiger charge is -2.01. The number of amides is 1. The van der Waals surface area contributed by atoms with E-state index in [0.717, 1.165) is 21.5 Å². The summed E-state index contributed by atoms with van der Waals surface area (Å²) in [6, 6.07) is 3.68. The van der Waals surface area contributed by atoms with Gasteiger partial charge in [0.15, 0.2) is 0 Å². The molecule has 1 rings (SSSR count). The maximum atomic E-state index is 11.5. The molecule has 0 saturated carbocycles. The van der Waals surface area contributed by atoms with Crippen molar-refractivity contribution in [3.8, 4) is 0 Å². The summed E-state index contributed by atoms with van der Waals surface area (Å²) in [6.45, 7) is 0.696. The van der Waals surface area contributed by atoms with E-state index in [1.54, 1.807) is 0 Å². The zero-order chi connectivity index (χ0) is 10.4. The van der Waals surface area contributed by atoms with Crippen LogP contribution in [0.3, 0.4) is 0 Å². The normalized spacial score (nSPS) is 10.1. The SMILES string of the molecule is O=C(NCCCCCl)c1ccc(Br)s1. The molecule has 5 heteroatoms. The number of nitrogens with one attached hydrogen (secondary N) is 1. The van der Waals surface area contributed by atoms with Crippen LogP contribution < -0.4 is 5.32 Å². The Morgan fingerprint density at radius 2 is 2.29 bits per heavy atom. The zero-order valence-electron chi connectivity index (χ0n) is 7.56. The molecule has 0 aromatic carbocycles. The van der Waals surface area contributed by atoms with Crippen molar-refractivity contribution in [2.24, 2.45) is 0 Å². The lowest BCUT2D eigenvalue weighted by atomic mass is 10.3. The molecule has 78 valence electrons. The van der Waals surface area contributed by atoms with Crippen LogP contribution in [-0.2, 0) is 0 Å². The minimum absolute atomic E-state index is 0.00438. The molecule has 0 unspecified atom stereocenters. The lowest BCUT2D eigenvalue weighted by Crippen LogP contribution is -2.23. The van der Waals surface area contributed by atoms with Crippen LogP contribution in [0.25, 0.3) is 0 Å². The van der Waals surface area contributed by atoms with Gasteiger partial charge in [-0.05, 0) is 40.9 Å². The van der Waals surface area contributed by atoms with Gasteiger partial charge in [0.2, 0.25) is 0 Å². The minimum Gasteiger partial charge on any atom is -0.351 e. The third-order valence-electron chi connectivity index (χ3n) is 1.64. The Balaban J connectivity index is 2.29. The van der Waals surface area contributed by atoms with E-state index in [-0.39, 0.29) is 5.91 Å². The predicted octanol–water partition coefficient (Wildman–Crippen LogP) is 3.26. The van der Waals surface area contributed by atoms with E-state index < -0.39 is 0 Å². The Kier molecular flexibility index (Phi) is 5.52. The van der Waals surface area contributed by atoms with E-state index in [0.29, 0.717) is 12.4 Å². The molecule has 0 aliphatic heterocycles. The van der Waals surface area contributed by atoms with Gasteiger partial charge in [0, 0.05) is 12.4 Å². The number of hydrogen-bond acceptors (Lipinski definition) is 2. The smallest absolute Gasteiger partial charge is 0.261 e. The van der Waals surface area contributed by atoms with Crippen molar-refractivity contribution in [3.05, 3.63) is 20.8 Å². The van der Waals surface area contributed by atoms with Gasteiger partial charge in [0.1, 0.15) is 0 Å². The second-order valence-electron chi connectivity index (χ2n) is 2.76. The van der Waals surface area contributed by atoms with Crippen LogP contribution in [0.4, 0.5) is 0 Å². The molecule has 1 heterocycles. The van der Waals surface area contributed by atoms with Crippen molar-refractivity contribution in [1.82, 2.24) is 5.32 Å². The maximum absolute atomic E-state index is 11.5. The topological polar surface area (TPSA) is 29.1 Å². The third kappa shape index (κ3) is 3.98. The largest absolute Gasteiger partial charge is 0.351 e. The summed E-state index contributed by atoms with van der Waals surface area (Å²) in [5.41, 5.74) is 0. The van der Waals surface area contributed by atoms with Crippen LogP contribution in [0.5, 0.6) is 0 Å². The average molecular weight is 297 g/mol. The Morgan fingerprint density at radius 3 is 2.86 bits per heavy atom. The van der Waals surface area contributed by atoms with Crippen molar-refractivity contribution < 1.29 is 4.79 Å². The number of halogens is 2. The van der Waals surface area contributed by atoms with Crippen LogP contribution in [-0.4, -0.2) is 18.3 Å². The van der Waals surface area contributed by atoms with Crippen molar-refractivity contribution >= 4 is 44.8 Å². The molecule has 0 fully saturated rings. The number of rotatable bonds is 5. The summed E-state index contributed by atoms with van der Waals surface area (Å²) in [4.78, 5) is 12.2. The molecule has 0 radical (unpaired) electrons. The molecule has 0 spiro atoms. The van der Waals surface area contributed by atoms with Crippen molar-refractivity contribution in [2.45, 2.75) is 12.8 Å². The highest BCUT2D eigenvalue weighted by molar-refractivity contribution is 9.11. The van der Waals surface area contributed by atoms with Crippen molar-refractivity contribution in [2.75, 3.05) is 12.4 Å². The first-order chi connectivity index (χ1) is 6.74. The van der Waals surface area contributed by atoms with Gasteiger partial charge >= 0.3 is 0 Å². The highest BCUT2D eigenvalue weighted by Gasteiger charge is 2.06. The van der Waals surface area contributed by atoms with Crippen LogP contribution >= 0.6 is 38.9 Å². The van der Waals surface area contributed by atoms with Gasteiger partial charge in [0.05, 0.1) is 8.66 Å². The van der Waals surface area contributed by atoms with E-state index in [1.165, 1.54) is 11.3 Å². The summed E-state index contributed by atoms with van der Waals surface area (Å²) in [5.74, 6) is 0.649. The van der Waals surface area contributed by atoms with E-state index in [9.17, 15) is 4.79 Å². The summed E-state index contributed by atoms with van der Waals surface area (Å²) in [7, 11) is 0. The number of alkyl halides is 1. The molecule has 14 heavy (non-hydrogen) atoms. The molecule has 0 atom stereocenters. The highest BCUT2D eigenvalue weighted by Crippen LogP contribution is 2.21. The average Bonchev–Trinajstić information content (AvgIpc) is 2.59. The number of thiophene rings is 1. The number of hydrogen-bond donors (Lipinski definition) is 1. The number of carbonyl (C=O) groups is 1. The Bertz CT molecular complexity index is 303. The van der Waals surface area contributed by atoms with Crippen molar-refractivity contribution in [1.29, 1.82) is 0 Å². The van der Waals surface area contributed by atoms with E-state index >= 15 is 0 Å². The molecule has 1 N–H and O–H groups in total. The van der Waals surface area contributed by atoms with Crippen LogP contribution in [0.2, 0.25) is 0 Å². The summed E-state index contributed by atoms with van der Waals surface area (Å²) in [5, 5.41) is 2.84. The Morgan fingerprint density at radius 1 is 1.50 bits per heavy atom. The first kappa shape index (κ1) is 12.0. The van der Waals surface area contributed by atoms with Gasteiger partial charge in [-0.1, -0.05) is 0 Å². The van der Waals surface area contributed by atoms with Gasteiger partial charge in [-0.2, -0.15) is 0 Å². The first-order valence-corrected chi connectivity index (χ1v) is 6.48. The second-order valence-corrected chi connectivity index (χ2v) is 5.60. The quantitative estimate of drug-likeness (QED) is 0.656. The number of unbranched alkanes of at least 4 members (excludes halogenated alkanes) is 1. The zero-order valence-corrected chi connectivity index (χ0v) is 10.7. The van der Waals surface area contributed by atoms with E-state index in [1.807, 2.05) is 12.1 Å². The highest BCUT2D eigenvalue weighted by atomic mass is 79.9. The molecule has 2 nitrogen and oxygen atoms in total. The van der Waals surface area contributed by atoms with Gasteiger partial charge in [-0.15, -0.1) is 22.9 Å². The molecular weight excluding hydrogens is 286 g/mol. The Labute approximate surface area is 101 Å². The van der Waals surface area contributed by atoms with Gasteiger partial charge < -0.3 is 5.32 Å². The molecular formula is C9H11BrClNOS. The predicted molar refractivity (Wildman–Crippen MR) is 64.3 cm³/mol. The molecule has 0 saturated heterocycles.